The van der Waals surface area contributed by atoms with E-state index in [2.05, 4.69) is 10.3 Å². The van der Waals surface area contributed by atoms with Crippen LogP contribution in [0.3, 0.4) is 0 Å². The molecule has 7 nitrogen and oxygen atoms in total. The molecule has 1 heterocycles. The van der Waals surface area contributed by atoms with E-state index in [1.165, 1.54) is 6.07 Å². The molecule has 3 rings (SSSR count). The van der Waals surface area contributed by atoms with Crippen molar-refractivity contribution in [3.05, 3.63) is 69.9 Å². The van der Waals surface area contributed by atoms with Gasteiger partial charge in [0.2, 0.25) is 5.91 Å². The number of nitrogens with zero attached hydrogens (tertiary/aromatic N) is 2. The number of nitrogens with one attached hydrogen (secondary N) is 1. The predicted octanol–water partition coefficient (Wildman–Crippen LogP) is 3.21. The number of nitro groups is 1. The molecule has 0 saturated carbocycles. The molecule has 7 heteroatoms. The van der Waals surface area contributed by atoms with Gasteiger partial charge in [-0.25, -0.2) is 0 Å². The third-order valence-corrected chi connectivity index (χ3v) is 3.84. The van der Waals surface area contributed by atoms with Crippen molar-refractivity contribution >= 4 is 33.9 Å². The van der Waals surface area contributed by atoms with E-state index in [-0.39, 0.29) is 18.0 Å². The Morgan fingerprint density at radius 2 is 2.04 bits per heavy atom. The van der Waals surface area contributed by atoms with E-state index in [9.17, 15) is 14.9 Å². The number of aromatic nitrogens is 1. The minimum Gasteiger partial charge on any atom is -0.397 e. The number of nitro benzene ring substituents is 1. The third-order valence-electron chi connectivity index (χ3n) is 3.84. The Bertz CT molecular complexity index is 985. The van der Waals surface area contributed by atoms with Crippen molar-refractivity contribution in [1.82, 2.24) is 4.98 Å². The summed E-state index contributed by atoms with van der Waals surface area (Å²) >= 11 is 0. The number of pyridine rings is 1. The summed E-state index contributed by atoms with van der Waals surface area (Å²) in [6.45, 7) is 1.65. The summed E-state index contributed by atoms with van der Waals surface area (Å²) in [5, 5.41) is 14.5. The summed E-state index contributed by atoms with van der Waals surface area (Å²) in [4.78, 5) is 27.1. The molecule has 0 fully saturated rings. The van der Waals surface area contributed by atoms with Gasteiger partial charge >= 0.3 is 0 Å². The lowest BCUT2D eigenvalue weighted by Crippen LogP contribution is -2.15. The zero-order valence-corrected chi connectivity index (χ0v) is 13.5. The number of para-hydroxylation sites is 1. The zero-order valence-electron chi connectivity index (χ0n) is 13.5. The molecule has 0 saturated heterocycles. The van der Waals surface area contributed by atoms with Crippen molar-refractivity contribution in [2.45, 2.75) is 13.3 Å². The highest BCUT2D eigenvalue weighted by Gasteiger charge is 2.13. The van der Waals surface area contributed by atoms with Crippen molar-refractivity contribution in [1.29, 1.82) is 0 Å². The largest absolute Gasteiger partial charge is 0.397 e. The summed E-state index contributed by atoms with van der Waals surface area (Å²) in [5.41, 5.74) is 8.57. The first-order valence-electron chi connectivity index (χ1n) is 7.63. The summed E-state index contributed by atoms with van der Waals surface area (Å²) in [7, 11) is 0. The zero-order chi connectivity index (χ0) is 18.0. The first kappa shape index (κ1) is 16.4. The van der Waals surface area contributed by atoms with E-state index in [0.717, 1.165) is 5.39 Å². The van der Waals surface area contributed by atoms with Crippen molar-refractivity contribution in [2.24, 2.45) is 0 Å². The quantitative estimate of drug-likeness (QED) is 0.432. The van der Waals surface area contributed by atoms with Crippen LogP contribution in [0, 0.1) is 17.0 Å². The Labute approximate surface area is 143 Å². The smallest absolute Gasteiger partial charge is 0.274 e. The minimum atomic E-state index is -0.474. The number of hydrogen-bond donors (Lipinski definition) is 2. The van der Waals surface area contributed by atoms with Crippen molar-refractivity contribution in [2.75, 3.05) is 11.1 Å². The topological polar surface area (TPSA) is 111 Å². The average molecular weight is 336 g/mol. The van der Waals surface area contributed by atoms with Gasteiger partial charge in [0.05, 0.1) is 28.2 Å². The Balaban J connectivity index is 1.78. The number of nitrogens with two attached hydrogens (primary N) is 1. The van der Waals surface area contributed by atoms with Crippen LogP contribution in [-0.4, -0.2) is 15.8 Å². The Hall–Kier alpha value is -3.48. The van der Waals surface area contributed by atoms with Gasteiger partial charge in [-0.05, 0) is 25.1 Å². The van der Waals surface area contributed by atoms with Gasteiger partial charge in [0.15, 0.2) is 0 Å². The molecule has 0 spiro atoms. The fraction of sp³-hybridized carbons (Fsp3) is 0.111. The van der Waals surface area contributed by atoms with Crippen molar-refractivity contribution in [3.8, 4) is 0 Å². The van der Waals surface area contributed by atoms with E-state index in [1.807, 2.05) is 18.2 Å². The highest BCUT2D eigenvalue weighted by Crippen LogP contribution is 2.23. The molecule has 0 radical (unpaired) electrons. The van der Waals surface area contributed by atoms with Gasteiger partial charge in [-0.15, -0.1) is 0 Å². The van der Waals surface area contributed by atoms with E-state index >= 15 is 0 Å². The minimum absolute atomic E-state index is 0.0330. The van der Waals surface area contributed by atoms with Crippen LogP contribution in [0.2, 0.25) is 0 Å². The maximum absolute atomic E-state index is 12.2. The molecule has 25 heavy (non-hydrogen) atoms. The summed E-state index contributed by atoms with van der Waals surface area (Å²) in [5.74, 6) is -0.306. The van der Waals surface area contributed by atoms with Crippen LogP contribution in [0.25, 0.3) is 10.9 Å². The second-order valence-electron chi connectivity index (χ2n) is 5.70. The number of amides is 1. The molecule has 3 N–H and O–H groups in total. The van der Waals surface area contributed by atoms with Crippen LogP contribution in [0.5, 0.6) is 0 Å². The number of hydrogen-bond acceptors (Lipinski definition) is 5. The predicted molar refractivity (Wildman–Crippen MR) is 96.3 cm³/mol. The van der Waals surface area contributed by atoms with E-state index in [1.54, 1.807) is 31.2 Å². The maximum Gasteiger partial charge on any atom is 0.274 e. The third kappa shape index (κ3) is 3.55. The molecule has 0 unspecified atom stereocenters. The van der Waals surface area contributed by atoms with E-state index < -0.39 is 4.92 Å². The number of carbonyl (C=O) groups excluding carboxylic acids is 1. The van der Waals surface area contributed by atoms with Gasteiger partial charge in [0.1, 0.15) is 0 Å². The van der Waals surface area contributed by atoms with Crippen LogP contribution in [-0.2, 0) is 11.2 Å². The molecule has 0 atom stereocenters. The molecule has 126 valence electrons. The molecule has 2 aromatic carbocycles. The molecule has 0 aliphatic carbocycles. The number of nitrogen functional groups attached to an aromatic ring is 1. The highest BCUT2D eigenvalue weighted by molar-refractivity contribution is 5.93. The SMILES string of the molecule is Cc1ccc(NC(=O)Cc2ccc3cccc(N)c3n2)cc1[N+](=O)[O-]. The first-order valence-corrected chi connectivity index (χ1v) is 7.63. The number of benzene rings is 2. The molecule has 1 amide bonds. The summed E-state index contributed by atoms with van der Waals surface area (Å²) in [6.07, 6.45) is 0.0476. The molecule has 0 bridgehead atoms. The molecular weight excluding hydrogens is 320 g/mol. The lowest BCUT2D eigenvalue weighted by molar-refractivity contribution is -0.385. The summed E-state index contributed by atoms with van der Waals surface area (Å²) in [6, 6.07) is 13.7. The number of anilines is 2. The van der Waals surface area contributed by atoms with Crippen LogP contribution >= 0.6 is 0 Å². The van der Waals surface area contributed by atoms with Gasteiger partial charge in [0.25, 0.3) is 5.69 Å². The van der Waals surface area contributed by atoms with Gasteiger partial charge in [0, 0.05) is 22.7 Å². The first-order chi connectivity index (χ1) is 11.9. The molecule has 0 aliphatic heterocycles. The van der Waals surface area contributed by atoms with Gasteiger partial charge in [-0.2, -0.15) is 0 Å². The second-order valence-corrected chi connectivity index (χ2v) is 5.70. The van der Waals surface area contributed by atoms with Crippen LogP contribution in [0.15, 0.2) is 48.5 Å². The fourth-order valence-electron chi connectivity index (χ4n) is 2.56. The Morgan fingerprint density at radius 1 is 1.24 bits per heavy atom. The number of rotatable bonds is 4. The Morgan fingerprint density at radius 3 is 2.80 bits per heavy atom. The normalized spacial score (nSPS) is 10.6. The van der Waals surface area contributed by atoms with Gasteiger partial charge < -0.3 is 11.1 Å². The van der Waals surface area contributed by atoms with Crippen molar-refractivity contribution in [3.63, 3.8) is 0 Å². The van der Waals surface area contributed by atoms with Gasteiger partial charge in [-0.1, -0.05) is 24.3 Å². The second kappa shape index (κ2) is 6.56. The standard InChI is InChI=1S/C18H16N4O3/c1-11-5-7-13(9-16(11)22(24)25)20-17(23)10-14-8-6-12-3-2-4-15(19)18(12)21-14/h2-9H,10,19H2,1H3,(H,20,23). The molecule has 3 aromatic rings. The van der Waals surface area contributed by atoms with Crippen LogP contribution in [0.4, 0.5) is 17.1 Å². The van der Waals surface area contributed by atoms with E-state index in [0.29, 0.717) is 28.1 Å². The van der Waals surface area contributed by atoms with Crippen molar-refractivity contribution < 1.29 is 9.72 Å². The number of fused-ring (bicyclic) bond motifs is 1. The molecule has 0 aliphatic rings. The number of aryl methyl sites for hydroxylation is 1. The maximum atomic E-state index is 12.2. The van der Waals surface area contributed by atoms with Crippen LogP contribution in [0.1, 0.15) is 11.3 Å². The Kier molecular flexibility index (Phi) is 4.30. The van der Waals surface area contributed by atoms with Gasteiger partial charge in [-0.3, -0.25) is 19.9 Å². The van der Waals surface area contributed by atoms with E-state index in [4.69, 9.17) is 5.73 Å². The summed E-state index contributed by atoms with van der Waals surface area (Å²) < 4.78 is 0. The lowest BCUT2D eigenvalue weighted by atomic mass is 10.1. The molecule has 1 aromatic heterocycles. The number of carbonyl (C=O) groups is 1. The lowest BCUT2D eigenvalue weighted by Gasteiger charge is -2.07. The average Bonchev–Trinajstić information content (AvgIpc) is 2.57. The van der Waals surface area contributed by atoms with Crippen LogP contribution < -0.4 is 11.1 Å². The highest BCUT2D eigenvalue weighted by atomic mass is 16.6. The fourth-order valence-corrected chi connectivity index (χ4v) is 2.56. The monoisotopic (exact) mass is 336 g/mol. The molecular formula is C18H16N4O3.